The lowest BCUT2D eigenvalue weighted by Gasteiger charge is -2.35. The first kappa shape index (κ1) is 18.0. The molecule has 1 N–H and O–H groups in total. The summed E-state index contributed by atoms with van der Waals surface area (Å²) >= 11 is 0. The number of fused-ring (bicyclic) bond motifs is 1. The third kappa shape index (κ3) is 4.04. The first-order chi connectivity index (χ1) is 13.7. The molecule has 1 atom stereocenters. The van der Waals surface area contributed by atoms with Gasteiger partial charge in [0.1, 0.15) is 11.9 Å². The number of rotatable bonds is 6. The molecule has 0 spiro atoms. The van der Waals surface area contributed by atoms with Gasteiger partial charge in [0, 0.05) is 50.2 Å². The number of likely N-dealkylation sites (tertiary alicyclic amines) is 1. The molecule has 1 aromatic heterocycles. The molecule has 2 aromatic rings. The van der Waals surface area contributed by atoms with Gasteiger partial charge in [-0.2, -0.15) is 0 Å². The Morgan fingerprint density at radius 1 is 1.04 bits per heavy atom. The molecule has 3 fully saturated rings. The van der Waals surface area contributed by atoms with E-state index in [1.807, 2.05) is 0 Å². The molecule has 2 aliphatic heterocycles. The van der Waals surface area contributed by atoms with Gasteiger partial charge in [0.05, 0.1) is 5.52 Å². The molecule has 5 heteroatoms. The summed E-state index contributed by atoms with van der Waals surface area (Å²) in [5.41, 5.74) is 1.30. The van der Waals surface area contributed by atoms with Gasteiger partial charge in [0.2, 0.25) is 5.91 Å². The second kappa shape index (κ2) is 7.78. The van der Waals surface area contributed by atoms with E-state index in [4.69, 9.17) is 4.74 Å². The van der Waals surface area contributed by atoms with E-state index in [-0.39, 0.29) is 12.0 Å². The van der Waals surface area contributed by atoms with Gasteiger partial charge in [-0.05, 0) is 62.6 Å². The van der Waals surface area contributed by atoms with Gasteiger partial charge in [-0.1, -0.05) is 6.07 Å². The molecule has 5 nitrogen and oxygen atoms in total. The number of aromatic nitrogens is 1. The van der Waals surface area contributed by atoms with E-state index >= 15 is 0 Å². The van der Waals surface area contributed by atoms with Crippen LogP contribution in [0.2, 0.25) is 0 Å². The van der Waals surface area contributed by atoms with Gasteiger partial charge in [-0.25, -0.2) is 0 Å². The normalized spacial score (nSPS) is 24.4. The zero-order valence-corrected chi connectivity index (χ0v) is 16.6. The Morgan fingerprint density at radius 2 is 1.89 bits per heavy atom. The second-order valence-corrected chi connectivity index (χ2v) is 8.87. The van der Waals surface area contributed by atoms with Crippen LogP contribution in [0.5, 0.6) is 5.75 Å². The van der Waals surface area contributed by atoms with Crippen molar-refractivity contribution >= 4 is 16.8 Å². The van der Waals surface area contributed by atoms with Crippen molar-refractivity contribution in [2.75, 3.05) is 19.6 Å². The Kier molecular flexibility index (Phi) is 5.02. The molecule has 2 saturated heterocycles. The second-order valence-electron chi connectivity index (χ2n) is 8.87. The summed E-state index contributed by atoms with van der Waals surface area (Å²) < 4.78 is 8.84. The Morgan fingerprint density at radius 3 is 2.68 bits per heavy atom. The van der Waals surface area contributed by atoms with Gasteiger partial charge in [-0.15, -0.1) is 0 Å². The van der Waals surface area contributed by atoms with E-state index in [0.29, 0.717) is 12.5 Å². The molecule has 3 aliphatic rings. The van der Waals surface area contributed by atoms with Crippen LogP contribution in [0, 0.1) is 5.92 Å². The fourth-order valence-electron chi connectivity index (χ4n) is 4.75. The maximum Gasteiger partial charge on any atom is 0.220 e. The third-order valence-corrected chi connectivity index (χ3v) is 6.55. The highest BCUT2D eigenvalue weighted by Crippen LogP contribution is 2.34. The van der Waals surface area contributed by atoms with Gasteiger partial charge < -0.3 is 19.5 Å². The number of carbonyl (C=O) groups excluding carboxylic acids is 1. The minimum atomic E-state index is 0.219. The van der Waals surface area contributed by atoms with Gasteiger partial charge in [0.15, 0.2) is 0 Å². The minimum Gasteiger partial charge on any atom is -0.490 e. The Hall–Kier alpha value is -2.01. The Balaban J connectivity index is 1.17. The van der Waals surface area contributed by atoms with E-state index in [1.165, 1.54) is 23.7 Å². The topological polar surface area (TPSA) is 46.5 Å². The summed E-state index contributed by atoms with van der Waals surface area (Å²) in [6, 6.07) is 9.01. The van der Waals surface area contributed by atoms with Crippen LogP contribution >= 0.6 is 0 Å². The molecular weight excluding hydrogens is 350 g/mol. The molecular formula is C23H31N3O2. The zero-order valence-electron chi connectivity index (χ0n) is 16.6. The maximum absolute atomic E-state index is 11.6. The molecule has 1 saturated carbocycles. The molecule has 1 aromatic carbocycles. The monoisotopic (exact) mass is 381 g/mol. The van der Waals surface area contributed by atoms with E-state index in [9.17, 15) is 4.79 Å². The van der Waals surface area contributed by atoms with Gasteiger partial charge in [-0.3, -0.25) is 4.79 Å². The molecule has 150 valence electrons. The van der Waals surface area contributed by atoms with Crippen LogP contribution < -0.4 is 10.1 Å². The highest BCUT2D eigenvalue weighted by Gasteiger charge is 2.26. The van der Waals surface area contributed by atoms with Crippen molar-refractivity contribution in [1.29, 1.82) is 0 Å². The Labute approximate surface area is 167 Å². The molecule has 1 amide bonds. The van der Waals surface area contributed by atoms with Crippen molar-refractivity contribution in [2.24, 2.45) is 5.92 Å². The van der Waals surface area contributed by atoms with Crippen LogP contribution in [0.1, 0.15) is 44.9 Å². The predicted molar refractivity (Wildman–Crippen MR) is 111 cm³/mol. The minimum absolute atomic E-state index is 0.219. The van der Waals surface area contributed by atoms with E-state index < -0.39 is 0 Å². The quantitative estimate of drug-likeness (QED) is 0.832. The van der Waals surface area contributed by atoms with E-state index in [2.05, 4.69) is 45.2 Å². The molecule has 3 heterocycles. The molecule has 1 aliphatic carbocycles. The van der Waals surface area contributed by atoms with E-state index in [0.717, 1.165) is 63.5 Å². The third-order valence-electron chi connectivity index (χ3n) is 6.55. The average molecular weight is 382 g/mol. The number of nitrogens with zero attached hydrogens (tertiary/aromatic N) is 2. The summed E-state index contributed by atoms with van der Waals surface area (Å²) in [7, 11) is 0. The summed E-state index contributed by atoms with van der Waals surface area (Å²) in [6.45, 7) is 4.23. The van der Waals surface area contributed by atoms with Gasteiger partial charge in [0.25, 0.3) is 0 Å². The molecule has 5 rings (SSSR count). The number of nitrogens with one attached hydrogen (secondary N) is 1. The number of piperidine rings is 2. The number of carbonyl (C=O) groups is 1. The summed E-state index contributed by atoms with van der Waals surface area (Å²) in [5.74, 6) is 2.12. The lowest BCUT2D eigenvalue weighted by molar-refractivity contribution is -0.123. The summed E-state index contributed by atoms with van der Waals surface area (Å²) in [4.78, 5) is 14.1. The first-order valence-electron chi connectivity index (χ1n) is 11.0. The first-order valence-corrected chi connectivity index (χ1v) is 11.0. The fraction of sp³-hybridized carbons (Fsp3) is 0.609. The van der Waals surface area contributed by atoms with Crippen molar-refractivity contribution in [2.45, 2.75) is 63.6 Å². The molecule has 28 heavy (non-hydrogen) atoms. The number of ether oxygens (including phenoxy) is 1. The number of amides is 1. The summed E-state index contributed by atoms with van der Waals surface area (Å²) in [6.07, 6.45) is 10.2. The van der Waals surface area contributed by atoms with Crippen LogP contribution in [0.25, 0.3) is 10.9 Å². The van der Waals surface area contributed by atoms with Crippen LogP contribution in [0.15, 0.2) is 30.5 Å². The SMILES string of the molecule is O=C1CCCC(CN2CCC(Oc3cccc4c3ccn4CC3CC3)CC2)N1. The lowest BCUT2D eigenvalue weighted by Crippen LogP contribution is -2.49. The van der Waals surface area contributed by atoms with Crippen molar-refractivity contribution in [3.8, 4) is 5.75 Å². The van der Waals surface area contributed by atoms with Crippen molar-refractivity contribution < 1.29 is 9.53 Å². The predicted octanol–water partition coefficient (Wildman–Crippen LogP) is 3.56. The maximum atomic E-state index is 11.6. The van der Waals surface area contributed by atoms with Crippen LogP contribution in [0.4, 0.5) is 0 Å². The van der Waals surface area contributed by atoms with Crippen molar-refractivity contribution in [3.05, 3.63) is 30.5 Å². The smallest absolute Gasteiger partial charge is 0.220 e. The van der Waals surface area contributed by atoms with Crippen LogP contribution in [0.3, 0.4) is 0 Å². The van der Waals surface area contributed by atoms with Crippen molar-refractivity contribution in [1.82, 2.24) is 14.8 Å². The zero-order chi connectivity index (χ0) is 18.9. The number of hydrogen-bond donors (Lipinski definition) is 1. The summed E-state index contributed by atoms with van der Waals surface area (Å²) in [5, 5.41) is 4.39. The van der Waals surface area contributed by atoms with E-state index in [1.54, 1.807) is 0 Å². The molecule has 1 unspecified atom stereocenters. The van der Waals surface area contributed by atoms with Gasteiger partial charge >= 0.3 is 0 Å². The lowest BCUT2D eigenvalue weighted by atomic mass is 10.0. The standard InChI is InChI=1S/C23H31N3O2/c27-23-6-1-3-18(24-23)16-25-12-9-19(10-13-25)28-22-5-2-4-21-20(22)11-14-26(21)15-17-7-8-17/h2,4-5,11,14,17-19H,1,3,6-10,12-13,15-16H2,(H,24,27). The molecule has 0 radical (unpaired) electrons. The fourth-order valence-corrected chi connectivity index (χ4v) is 4.75. The number of hydrogen-bond acceptors (Lipinski definition) is 3. The highest BCUT2D eigenvalue weighted by molar-refractivity contribution is 5.86. The van der Waals surface area contributed by atoms with Crippen LogP contribution in [-0.4, -0.2) is 47.2 Å². The highest BCUT2D eigenvalue weighted by atomic mass is 16.5. The Bertz CT molecular complexity index is 833. The van der Waals surface area contributed by atoms with Crippen molar-refractivity contribution in [3.63, 3.8) is 0 Å². The molecule has 0 bridgehead atoms. The number of benzene rings is 1. The average Bonchev–Trinajstić information content (AvgIpc) is 3.42. The van der Waals surface area contributed by atoms with Crippen LogP contribution in [-0.2, 0) is 11.3 Å². The largest absolute Gasteiger partial charge is 0.490 e.